The first-order valence-corrected chi connectivity index (χ1v) is 7.18. The molecule has 0 aromatic rings. The van der Waals surface area contributed by atoms with Crippen molar-refractivity contribution in [2.24, 2.45) is 11.3 Å². The Hall–Kier alpha value is -0.160. The van der Waals surface area contributed by atoms with E-state index in [1.807, 2.05) is 6.92 Å². The lowest BCUT2D eigenvalue weighted by Crippen LogP contribution is -2.51. The fraction of sp³-hybridized carbons (Fsp3) is 1.00. The maximum Gasteiger partial charge on any atom is 0.0789 e. The van der Waals surface area contributed by atoms with Gasteiger partial charge in [0.25, 0.3) is 0 Å². The minimum Gasteiger partial charge on any atom is -0.378 e. The Balaban J connectivity index is 2.49. The summed E-state index contributed by atoms with van der Waals surface area (Å²) in [7, 11) is 0. The molecule has 3 unspecified atom stereocenters. The number of rotatable bonds is 7. The summed E-state index contributed by atoms with van der Waals surface area (Å²) in [6, 6.07) is 0.189. The summed E-state index contributed by atoms with van der Waals surface area (Å²) < 4.78 is 11.6. The number of hydrazine groups is 1. The van der Waals surface area contributed by atoms with E-state index in [2.05, 4.69) is 26.2 Å². The first kappa shape index (κ1) is 15.9. The van der Waals surface area contributed by atoms with Crippen molar-refractivity contribution >= 4 is 0 Å². The normalized spacial score (nSPS) is 24.2. The summed E-state index contributed by atoms with van der Waals surface area (Å²) in [5.41, 5.74) is 3.02. The van der Waals surface area contributed by atoms with Crippen LogP contribution in [0.1, 0.15) is 53.4 Å². The summed E-state index contributed by atoms with van der Waals surface area (Å²) in [5, 5.41) is 0. The molecule has 3 atom stereocenters. The minimum atomic E-state index is 0.0869. The lowest BCUT2D eigenvalue weighted by atomic mass is 9.82. The maximum atomic E-state index is 5.89. The second kappa shape index (κ2) is 7.43. The highest BCUT2D eigenvalue weighted by molar-refractivity contribution is 4.86. The zero-order chi connectivity index (χ0) is 13.6. The van der Waals surface area contributed by atoms with Gasteiger partial charge < -0.3 is 9.47 Å². The largest absolute Gasteiger partial charge is 0.378 e. The Morgan fingerprint density at radius 1 is 1.44 bits per heavy atom. The molecule has 0 aromatic heterocycles. The first-order valence-electron chi connectivity index (χ1n) is 7.18. The molecule has 0 aromatic carbocycles. The van der Waals surface area contributed by atoms with Crippen LogP contribution in [0.5, 0.6) is 0 Å². The zero-order valence-electron chi connectivity index (χ0n) is 12.4. The molecule has 1 rings (SSSR count). The SMILES string of the molecule is CCOC(C(CCC1CCCO1)NN)C(C)(C)C. The minimum absolute atomic E-state index is 0.0869. The second-order valence-electron chi connectivity index (χ2n) is 6.23. The number of ether oxygens (including phenoxy) is 2. The summed E-state index contributed by atoms with van der Waals surface area (Å²) in [5.74, 6) is 5.71. The van der Waals surface area contributed by atoms with Crippen molar-refractivity contribution < 1.29 is 9.47 Å². The molecule has 3 N–H and O–H groups in total. The molecular formula is C14H30N2O2. The van der Waals surface area contributed by atoms with Crippen molar-refractivity contribution in [3.8, 4) is 0 Å². The second-order valence-corrected chi connectivity index (χ2v) is 6.23. The summed E-state index contributed by atoms with van der Waals surface area (Å²) in [4.78, 5) is 0. The topological polar surface area (TPSA) is 56.5 Å². The number of nitrogens with two attached hydrogens (primary N) is 1. The molecule has 1 saturated heterocycles. The van der Waals surface area contributed by atoms with E-state index in [-0.39, 0.29) is 17.6 Å². The van der Waals surface area contributed by atoms with Crippen LogP contribution in [0.3, 0.4) is 0 Å². The Morgan fingerprint density at radius 3 is 2.61 bits per heavy atom. The van der Waals surface area contributed by atoms with Crippen LogP contribution in [-0.4, -0.2) is 31.5 Å². The molecule has 1 aliphatic heterocycles. The van der Waals surface area contributed by atoms with Crippen LogP contribution in [0.15, 0.2) is 0 Å². The molecule has 0 spiro atoms. The van der Waals surface area contributed by atoms with Crippen molar-refractivity contribution in [2.75, 3.05) is 13.2 Å². The van der Waals surface area contributed by atoms with Gasteiger partial charge >= 0.3 is 0 Å². The highest BCUT2D eigenvalue weighted by Gasteiger charge is 2.32. The third-order valence-corrected chi connectivity index (χ3v) is 3.60. The van der Waals surface area contributed by atoms with Crippen molar-refractivity contribution in [1.82, 2.24) is 5.43 Å². The molecule has 1 fully saturated rings. The molecule has 0 radical (unpaired) electrons. The van der Waals surface area contributed by atoms with Crippen LogP contribution in [0.25, 0.3) is 0 Å². The highest BCUT2D eigenvalue weighted by Crippen LogP contribution is 2.28. The van der Waals surface area contributed by atoms with Gasteiger partial charge in [-0.3, -0.25) is 11.3 Å². The predicted molar refractivity (Wildman–Crippen MR) is 74.2 cm³/mol. The fourth-order valence-electron chi connectivity index (χ4n) is 2.71. The third-order valence-electron chi connectivity index (χ3n) is 3.60. The van der Waals surface area contributed by atoms with Crippen molar-refractivity contribution in [3.63, 3.8) is 0 Å². The van der Waals surface area contributed by atoms with E-state index in [1.165, 1.54) is 12.8 Å². The fourth-order valence-corrected chi connectivity index (χ4v) is 2.71. The van der Waals surface area contributed by atoms with E-state index in [1.54, 1.807) is 0 Å². The van der Waals surface area contributed by atoms with Crippen LogP contribution in [0.2, 0.25) is 0 Å². The Morgan fingerprint density at radius 2 is 2.17 bits per heavy atom. The number of hydrogen-bond acceptors (Lipinski definition) is 4. The molecule has 0 bridgehead atoms. The summed E-state index contributed by atoms with van der Waals surface area (Å²) in [6.07, 6.45) is 5.00. The zero-order valence-corrected chi connectivity index (χ0v) is 12.4. The van der Waals surface area contributed by atoms with Gasteiger partial charge in [-0.25, -0.2) is 0 Å². The molecule has 1 heterocycles. The van der Waals surface area contributed by atoms with E-state index in [4.69, 9.17) is 15.3 Å². The molecule has 1 aliphatic rings. The van der Waals surface area contributed by atoms with Gasteiger partial charge in [0.1, 0.15) is 0 Å². The number of hydrogen-bond donors (Lipinski definition) is 2. The van der Waals surface area contributed by atoms with Crippen LogP contribution in [0.4, 0.5) is 0 Å². The lowest BCUT2D eigenvalue weighted by Gasteiger charge is -2.36. The van der Waals surface area contributed by atoms with Gasteiger partial charge in [0.15, 0.2) is 0 Å². The third kappa shape index (κ3) is 4.84. The highest BCUT2D eigenvalue weighted by atomic mass is 16.5. The smallest absolute Gasteiger partial charge is 0.0789 e. The van der Waals surface area contributed by atoms with Gasteiger partial charge in [-0.05, 0) is 38.0 Å². The molecule has 4 nitrogen and oxygen atoms in total. The molecule has 108 valence electrons. The van der Waals surface area contributed by atoms with E-state index in [9.17, 15) is 0 Å². The molecule has 0 saturated carbocycles. The Bertz CT molecular complexity index is 222. The quantitative estimate of drug-likeness (QED) is 0.543. The van der Waals surface area contributed by atoms with Gasteiger partial charge in [-0.2, -0.15) is 0 Å². The van der Waals surface area contributed by atoms with E-state index in [0.29, 0.717) is 6.10 Å². The molecular weight excluding hydrogens is 228 g/mol. The molecule has 0 amide bonds. The van der Waals surface area contributed by atoms with Crippen LogP contribution in [0, 0.1) is 5.41 Å². The maximum absolute atomic E-state index is 5.89. The van der Waals surface area contributed by atoms with Gasteiger partial charge in [-0.15, -0.1) is 0 Å². The van der Waals surface area contributed by atoms with Crippen LogP contribution < -0.4 is 11.3 Å². The Kier molecular flexibility index (Phi) is 6.57. The lowest BCUT2D eigenvalue weighted by molar-refractivity contribution is -0.0402. The van der Waals surface area contributed by atoms with E-state index < -0.39 is 0 Å². The average molecular weight is 258 g/mol. The van der Waals surface area contributed by atoms with E-state index in [0.717, 1.165) is 26.1 Å². The van der Waals surface area contributed by atoms with Gasteiger partial charge in [0.05, 0.1) is 12.2 Å². The van der Waals surface area contributed by atoms with Crippen molar-refractivity contribution in [2.45, 2.75) is 71.6 Å². The first-order chi connectivity index (χ1) is 8.49. The summed E-state index contributed by atoms with van der Waals surface area (Å²) in [6.45, 7) is 10.3. The van der Waals surface area contributed by atoms with Crippen molar-refractivity contribution in [3.05, 3.63) is 0 Å². The Labute approximate surface area is 112 Å². The van der Waals surface area contributed by atoms with Gasteiger partial charge in [0, 0.05) is 19.3 Å². The molecule has 18 heavy (non-hydrogen) atoms. The summed E-state index contributed by atoms with van der Waals surface area (Å²) >= 11 is 0. The molecule has 0 aliphatic carbocycles. The van der Waals surface area contributed by atoms with Crippen LogP contribution in [-0.2, 0) is 9.47 Å². The van der Waals surface area contributed by atoms with E-state index >= 15 is 0 Å². The monoisotopic (exact) mass is 258 g/mol. The molecule has 4 heteroatoms. The number of nitrogens with one attached hydrogen (secondary N) is 1. The predicted octanol–water partition coefficient (Wildman–Crippen LogP) is 2.23. The van der Waals surface area contributed by atoms with Gasteiger partial charge in [-0.1, -0.05) is 20.8 Å². The standard InChI is InChI=1S/C14H30N2O2/c1-5-17-13(14(2,3)4)12(16-15)9-8-11-7-6-10-18-11/h11-13,16H,5-10,15H2,1-4H3. The van der Waals surface area contributed by atoms with Gasteiger partial charge in [0.2, 0.25) is 0 Å². The van der Waals surface area contributed by atoms with Crippen molar-refractivity contribution in [1.29, 1.82) is 0 Å². The average Bonchev–Trinajstić information content (AvgIpc) is 2.80. The van der Waals surface area contributed by atoms with Crippen LogP contribution >= 0.6 is 0 Å².